The lowest BCUT2D eigenvalue weighted by atomic mass is 10.1. The summed E-state index contributed by atoms with van der Waals surface area (Å²) in [6.07, 6.45) is 3.19. The van der Waals surface area contributed by atoms with Crippen molar-refractivity contribution in [1.29, 1.82) is 0 Å². The van der Waals surface area contributed by atoms with Gasteiger partial charge >= 0.3 is 0 Å². The van der Waals surface area contributed by atoms with E-state index in [-0.39, 0.29) is 36.7 Å². The molecule has 2 aromatic carbocycles. The Morgan fingerprint density at radius 3 is 2.53 bits per heavy atom. The Labute approximate surface area is 175 Å². The van der Waals surface area contributed by atoms with Gasteiger partial charge in [-0.15, -0.1) is 0 Å². The molecule has 1 unspecified atom stereocenters. The van der Waals surface area contributed by atoms with E-state index in [1.807, 2.05) is 0 Å². The summed E-state index contributed by atoms with van der Waals surface area (Å²) in [5, 5.41) is -0.952. The lowest BCUT2D eigenvalue weighted by Gasteiger charge is -2.18. The number of amides is 1. The fraction of sp³-hybridized carbons (Fsp3) is 0.318. The number of rotatable bonds is 5. The number of ether oxygens (including phenoxy) is 2. The third-order valence-electron chi connectivity index (χ3n) is 5.13. The lowest BCUT2D eigenvalue weighted by Crippen LogP contribution is -2.32. The van der Waals surface area contributed by atoms with Crippen LogP contribution in [0.15, 0.2) is 48.5 Å². The predicted molar refractivity (Wildman–Crippen MR) is 113 cm³/mol. The topological polar surface area (TPSA) is 72.9 Å². The number of halogens is 1. The highest BCUT2D eigenvalue weighted by Gasteiger charge is 2.33. The van der Waals surface area contributed by atoms with E-state index in [1.165, 1.54) is 36.3 Å². The number of benzene rings is 2. The van der Waals surface area contributed by atoms with E-state index < -0.39 is 20.9 Å². The fourth-order valence-corrected chi connectivity index (χ4v) is 5.28. The summed E-state index contributed by atoms with van der Waals surface area (Å²) in [5.74, 6) is 0.0778. The number of hydrogen-bond donors (Lipinski definition) is 0. The molecule has 1 heterocycles. The number of nitrogens with zero attached hydrogens (tertiary/aromatic N) is 1. The first-order valence-corrected chi connectivity index (χ1v) is 11.2. The molecule has 1 fully saturated rings. The number of methoxy groups -OCH3 is 2. The molecular formula is C22H24FNO5S. The van der Waals surface area contributed by atoms with Crippen molar-refractivity contribution in [3.8, 4) is 11.5 Å². The normalized spacial score (nSPS) is 18.8. The van der Waals surface area contributed by atoms with Crippen molar-refractivity contribution in [3.63, 3.8) is 0 Å². The Balaban J connectivity index is 1.74. The fourth-order valence-electron chi connectivity index (χ4n) is 3.48. The molecule has 0 saturated carbocycles. The molecule has 3 rings (SSSR count). The van der Waals surface area contributed by atoms with E-state index in [1.54, 1.807) is 37.5 Å². The molecular weight excluding hydrogens is 409 g/mol. The molecule has 160 valence electrons. The van der Waals surface area contributed by atoms with Gasteiger partial charge < -0.3 is 14.4 Å². The summed E-state index contributed by atoms with van der Waals surface area (Å²) in [4.78, 5) is 14.1. The molecule has 0 radical (unpaired) electrons. The van der Waals surface area contributed by atoms with Gasteiger partial charge in [-0.25, -0.2) is 12.8 Å². The number of carbonyl (C=O) groups is 1. The van der Waals surface area contributed by atoms with Crippen LogP contribution in [0, 0.1) is 5.82 Å². The van der Waals surface area contributed by atoms with Gasteiger partial charge in [-0.05, 0) is 36.3 Å². The highest BCUT2D eigenvalue weighted by molar-refractivity contribution is 7.91. The molecule has 1 amide bonds. The maximum Gasteiger partial charge on any atom is 0.246 e. The Kier molecular flexibility index (Phi) is 6.77. The molecule has 1 aliphatic heterocycles. The second kappa shape index (κ2) is 9.30. The van der Waals surface area contributed by atoms with Crippen LogP contribution in [0.1, 0.15) is 22.8 Å². The van der Waals surface area contributed by atoms with Gasteiger partial charge in [0.2, 0.25) is 5.91 Å². The first-order valence-electron chi connectivity index (χ1n) is 9.50. The van der Waals surface area contributed by atoms with Gasteiger partial charge in [-0.1, -0.05) is 24.3 Å². The van der Waals surface area contributed by atoms with Gasteiger partial charge in [0.05, 0.1) is 25.2 Å². The minimum atomic E-state index is -3.57. The summed E-state index contributed by atoms with van der Waals surface area (Å²) in [7, 11) is -0.506. The maximum absolute atomic E-state index is 14.2. The van der Waals surface area contributed by atoms with Gasteiger partial charge in [0.25, 0.3) is 0 Å². The monoisotopic (exact) mass is 433 g/mol. The van der Waals surface area contributed by atoms with Gasteiger partial charge in [-0.3, -0.25) is 4.79 Å². The smallest absolute Gasteiger partial charge is 0.246 e. The zero-order valence-corrected chi connectivity index (χ0v) is 17.7. The molecule has 1 atom stereocenters. The van der Waals surface area contributed by atoms with Crippen LogP contribution in [-0.4, -0.2) is 52.3 Å². The summed E-state index contributed by atoms with van der Waals surface area (Å²) in [6.45, 7) is 0.301. The van der Waals surface area contributed by atoms with Crippen molar-refractivity contribution in [3.05, 3.63) is 65.5 Å². The standard InChI is InChI=1S/C22H24FNO5S/c1-28-19-9-7-16(15-20(19)29-2)8-10-22(25)24-12-11-21(30(26,27)14-13-24)17-5-3-4-6-18(17)23/h3-10,15,21H,11-14H2,1-2H3/b10-8+. The van der Waals surface area contributed by atoms with Crippen LogP contribution in [0.4, 0.5) is 4.39 Å². The highest BCUT2D eigenvalue weighted by Crippen LogP contribution is 2.31. The second-order valence-electron chi connectivity index (χ2n) is 6.94. The minimum Gasteiger partial charge on any atom is -0.493 e. The largest absolute Gasteiger partial charge is 0.493 e. The molecule has 0 aliphatic carbocycles. The van der Waals surface area contributed by atoms with Gasteiger partial charge in [-0.2, -0.15) is 0 Å². The Morgan fingerprint density at radius 2 is 1.83 bits per heavy atom. The van der Waals surface area contributed by atoms with Gasteiger partial charge in [0.1, 0.15) is 5.82 Å². The summed E-state index contributed by atoms with van der Waals surface area (Å²) in [5.41, 5.74) is 0.903. The Hall–Kier alpha value is -2.87. The van der Waals surface area contributed by atoms with Crippen LogP contribution < -0.4 is 9.47 Å². The van der Waals surface area contributed by atoms with Crippen molar-refractivity contribution in [1.82, 2.24) is 4.90 Å². The van der Waals surface area contributed by atoms with Gasteiger partial charge in [0, 0.05) is 24.7 Å². The maximum atomic E-state index is 14.2. The van der Waals surface area contributed by atoms with Crippen molar-refractivity contribution >= 4 is 21.8 Å². The van der Waals surface area contributed by atoms with E-state index in [9.17, 15) is 17.6 Å². The van der Waals surface area contributed by atoms with E-state index in [4.69, 9.17) is 9.47 Å². The number of sulfone groups is 1. The van der Waals surface area contributed by atoms with Crippen LogP contribution in [0.25, 0.3) is 6.08 Å². The molecule has 0 N–H and O–H groups in total. The molecule has 0 bridgehead atoms. The summed E-state index contributed by atoms with van der Waals surface area (Å²) < 4.78 is 50.0. The molecule has 0 aromatic heterocycles. The molecule has 8 heteroatoms. The first-order chi connectivity index (χ1) is 14.4. The Morgan fingerprint density at radius 1 is 1.10 bits per heavy atom. The van der Waals surface area contributed by atoms with Crippen LogP contribution in [0.5, 0.6) is 11.5 Å². The quantitative estimate of drug-likeness (QED) is 0.677. The summed E-state index contributed by atoms with van der Waals surface area (Å²) >= 11 is 0. The van der Waals surface area contributed by atoms with Crippen molar-refractivity contribution < 1.29 is 27.1 Å². The van der Waals surface area contributed by atoms with E-state index in [2.05, 4.69) is 0 Å². The third kappa shape index (κ3) is 4.81. The second-order valence-corrected chi connectivity index (χ2v) is 9.24. The zero-order valence-electron chi connectivity index (χ0n) is 16.9. The number of hydrogen-bond acceptors (Lipinski definition) is 5. The molecule has 1 aliphatic rings. The van der Waals surface area contributed by atoms with E-state index >= 15 is 0 Å². The van der Waals surface area contributed by atoms with E-state index in [0.29, 0.717) is 11.5 Å². The number of carbonyl (C=O) groups excluding carboxylic acids is 1. The highest BCUT2D eigenvalue weighted by atomic mass is 32.2. The minimum absolute atomic E-state index is 0.0718. The van der Waals surface area contributed by atoms with Crippen LogP contribution in [0.2, 0.25) is 0 Å². The molecule has 30 heavy (non-hydrogen) atoms. The first kappa shape index (κ1) is 21.8. The average molecular weight is 434 g/mol. The average Bonchev–Trinajstić information content (AvgIpc) is 2.90. The van der Waals surface area contributed by atoms with Crippen LogP contribution >= 0.6 is 0 Å². The molecule has 6 nitrogen and oxygen atoms in total. The van der Waals surface area contributed by atoms with Crippen molar-refractivity contribution in [2.45, 2.75) is 11.7 Å². The van der Waals surface area contributed by atoms with Crippen molar-refractivity contribution in [2.75, 3.05) is 33.1 Å². The molecule has 0 spiro atoms. The van der Waals surface area contributed by atoms with Gasteiger partial charge in [0.15, 0.2) is 21.3 Å². The molecule has 1 saturated heterocycles. The summed E-state index contributed by atoms with van der Waals surface area (Å²) in [6, 6.07) is 11.2. The predicted octanol–water partition coefficient (Wildman–Crippen LogP) is 3.24. The SMILES string of the molecule is COc1ccc(/C=C/C(=O)N2CCC(c3ccccc3F)S(=O)(=O)CC2)cc1OC. The molecule has 2 aromatic rings. The zero-order chi connectivity index (χ0) is 21.7. The van der Waals surface area contributed by atoms with E-state index in [0.717, 1.165) is 5.56 Å². The van der Waals surface area contributed by atoms with Crippen LogP contribution in [0.3, 0.4) is 0 Å². The third-order valence-corrected chi connectivity index (χ3v) is 7.24. The Bertz CT molecular complexity index is 1050. The van der Waals surface area contributed by atoms with Crippen molar-refractivity contribution in [2.24, 2.45) is 0 Å². The van der Waals surface area contributed by atoms with Crippen LogP contribution in [-0.2, 0) is 14.6 Å². The lowest BCUT2D eigenvalue weighted by molar-refractivity contribution is -0.125.